The summed E-state index contributed by atoms with van der Waals surface area (Å²) in [5.74, 6) is 3.89. The van der Waals surface area contributed by atoms with Gasteiger partial charge in [0.1, 0.15) is 17.3 Å². The molecule has 0 spiro atoms. The molecule has 11 heteroatoms. The van der Waals surface area contributed by atoms with Gasteiger partial charge in [0.25, 0.3) is 0 Å². The molecule has 10 aliphatic carbocycles. The van der Waals surface area contributed by atoms with Crippen molar-refractivity contribution >= 4 is 63.6 Å². The number of carbonyl (C=O) groups excluding carboxylic acids is 11. The average molecular weight is 1130 g/mol. The molecule has 11 nitrogen and oxygen atoms in total. The highest BCUT2D eigenvalue weighted by Gasteiger charge is 2.22. The number of hydrogen-bond donors (Lipinski definition) is 0. The monoisotopic (exact) mass is 1120 g/mol. The second-order valence-electron chi connectivity index (χ2n) is 19.4. The highest BCUT2D eigenvalue weighted by Crippen LogP contribution is 2.24. The lowest BCUT2D eigenvalue weighted by Gasteiger charge is -1.98. The molecule has 10 aliphatic rings. The van der Waals surface area contributed by atoms with Crippen LogP contribution in [0.25, 0.3) is 0 Å². The molecule has 0 aromatic rings. The summed E-state index contributed by atoms with van der Waals surface area (Å²) in [6, 6.07) is 0. The maximum absolute atomic E-state index is 10.8. The molecule has 0 aliphatic heterocycles. The van der Waals surface area contributed by atoms with E-state index in [2.05, 4.69) is 13.8 Å². The second-order valence-corrected chi connectivity index (χ2v) is 19.4. The summed E-state index contributed by atoms with van der Waals surface area (Å²) >= 11 is 0. The van der Waals surface area contributed by atoms with Gasteiger partial charge in [-0.25, -0.2) is 0 Å². The molecule has 0 heterocycles. The van der Waals surface area contributed by atoms with E-state index in [1.54, 1.807) is 18.2 Å². The van der Waals surface area contributed by atoms with Crippen molar-refractivity contribution in [3.8, 4) is 0 Å². The molecule has 0 aromatic carbocycles. The zero-order valence-electron chi connectivity index (χ0n) is 44.4. The molecule has 0 saturated heterocycles. The molecular weight excluding hydrogens is 1000 g/mol. The molecule has 0 radical (unpaired) electrons. The molecule has 0 aromatic heterocycles. The van der Waals surface area contributed by atoms with Crippen LogP contribution in [0.3, 0.4) is 0 Å². The van der Waals surface area contributed by atoms with E-state index in [1.807, 2.05) is 59.8 Å². The largest absolute Gasteiger partial charge is 0.300 e. The topological polar surface area (TPSA) is 188 Å². The molecule has 2 atom stereocenters. The number of allylic oxidation sites excluding steroid dienone is 14. The van der Waals surface area contributed by atoms with Crippen molar-refractivity contribution in [1.29, 1.82) is 0 Å². The SMILES string of the molecule is C.C.C.C.C.C.C.C.C.CC1=C(C)C(=O)CC1.CC1=CC(=O)CC1.CC1=CCCC1=O.CC1=CCCC1=O.CC1CCCC1=O.CCC1=CC(=O)CC1.CCC1CCCC1=O.O=C1C=CC(=O)C1.O=C1C=CCC1.O=C1CCCC1. The van der Waals surface area contributed by atoms with E-state index in [9.17, 15) is 52.7 Å². The van der Waals surface area contributed by atoms with Gasteiger partial charge in [-0.15, -0.1) is 0 Å². The van der Waals surface area contributed by atoms with Crippen LogP contribution in [0.4, 0.5) is 0 Å². The van der Waals surface area contributed by atoms with Crippen LogP contribution in [-0.4, -0.2) is 63.6 Å². The summed E-state index contributed by atoms with van der Waals surface area (Å²) in [6.45, 7) is 15.9. The quantitative estimate of drug-likeness (QED) is 0.239. The van der Waals surface area contributed by atoms with E-state index in [4.69, 9.17) is 0 Å². The van der Waals surface area contributed by atoms with Crippen LogP contribution < -0.4 is 0 Å². The second kappa shape index (κ2) is 54.2. The smallest absolute Gasteiger partial charge is 0.163 e. The fourth-order valence-corrected chi connectivity index (χ4v) is 8.13. The summed E-state index contributed by atoms with van der Waals surface area (Å²) in [5, 5.41) is 0. The van der Waals surface area contributed by atoms with Crippen LogP contribution in [0.2, 0.25) is 0 Å². The minimum absolute atomic E-state index is 0. The van der Waals surface area contributed by atoms with Gasteiger partial charge in [0, 0.05) is 76.0 Å². The van der Waals surface area contributed by atoms with Crippen molar-refractivity contribution in [3.63, 3.8) is 0 Å². The van der Waals surface area contributed by atoms with E-state index in [1.165, 1.54) is 28.9 Å². The van der Waals surface area contributed by atoms with Gasteiger partial charge in [-0.2, -0.15) is 0 Å². The van der Waals surface area contributed by atoms with Gasteiger partial charge in [-0.1, -0.05) is 123 Å². The van der Waals surface area contributed by atoms with E-state index >= 15 is 0 Å². The molecule has 0 N–H and O–H groups in total. The van der Waals surface area contributed by atoms with Gasteiger partial charge in [0.2, 0.25) is 0 Å². The Morgan fingerprint density at radius 3 is 1.05 bits per heavy atom. The Balaban J connectivity index is -0.0000000989. The van der Waals surface area contributed by atoms with Gasteiger partial charge >= 0.3 is 0 Å². The van der Waals surface area contributed by atoms with Gasteiger partial charge in [0.05, 0.1) is 6.42 Å². The lowest BCUT2D eigenvalue weighted by atomic mass is 10.1. The summed E-state index contributed by atoms with van der Waals surface area (Å²) in [5.41, 5.74) is 6.69. The Hall–Kier alpha value is -5.45. The number of carbonyl (C=O) groups is 11. The summed E-state index contributed by atoms with van der Waals surface area (Å²) in [7, 11) is 0. The number of ketones is 11. The average Bonchev–Trinajstić information content (AvgIpc) is 4.18. The third-order valence-corrected chi connectivity index (χ3v) is 13.4. The molecule has 462 valence electrons. The van der Waals surface area contributed by atoms with Gasteiger partial charge in [-0.05, 0) is 172 Å². The van der Waals surface area contributed by atoms with Crippen LogP contribution in [0, 0.1) is 11.8 Å². The highest BCUT2D eigenvalue weighted by atomic mass is 16.2. The van der Waals surface area contributed by atoms with Crippen LogP contribution in [0.1, 0.15) is 283 Å². The Morgan fingerprint density at radius 1 is 0.425 bits per heavy atom. The van der Waals surface area contributed by atoms with Crippen LogP contribution in [-0.2, 0) is 52.7 Å². The van der Waals surface area contributed by atoms with E-state index < -0.39 is 0 Å². The molecule has 3 fully saturated rings. The number of Topliss-reactive ketones (excluding diaryl/α,β-unsaturated/α-hetero) is 6. The first-order chi connectivity index (χ1) is 33.7. The summed E-state index contributed by atoms with van der Waals surface area (Å²) in [4.78, 5) is 115. The first kappa shape index (κ1) is 93.9. The van der Waals surface area contributed by atoms with Crippen LogP contribution in [0.5, 0.6) is 0 Å². The molecule has 0 bridgehead atoms. The van der Waals surface area contributed by atoms with Gasteiger partial charge < -0.3 is 0 Å². The zero-order valence-corrected chi connectivity index (χ0v) is 44.4. The first-order valence-electron chi connectivity index (χ1n) is 26.2. The number of rotatable bonds is 2. The minimum atomic E-state index is -0.0787. The molecule has 10 rings (SSSR count). The van der Waals surface area contributed by atoms with E-state index in [-0.39, 0.29) is 96.4 Å². The fourth-order valence-electron chi connectivity index (χ4n) is 8.13. The molecule has 2 unspecified atom stereocenters. The Labute approximate surface area is 491 Å². The Bertz CT molecular complexity index is 2070. The first-order valence-corrected chi connectivity index (χ1v) is 26.2. The Morgan fingerprint density at radius 2 is 0.912 bits per heavy atom. The molecule has 3 saturated carbocycles. The van der Waals surface area contributed by atoms with E-state index in [0.29, 0.717) is 52.3 Å². The normalized spacial score (nSPS) is 19.7. The predicted octanol–water partition coefficient (Wildman–Crippen LogP) is 18.2. The van der Waals surface area contributed by atoms with Gasteiger partial charge in [0.15, 0.2) is 46.3 Å². The Kier molecular flexibility index (Phi) is 63.5. The molecule has 0 amide bonds. The van der Waals surface area contributed by atoms with Crippen molar-refractivity contribution in [2.45, 2.75) is 283 Å². The summed E-state index contributed by atoms with van der Waals surface area (Å²) in [6.07, 6.45) is 36.3. The van der Waals surface area contributed by atoms with E-state index in [0.717, 1.165) is 171 Å². The number of hydrogen-bond acceptors (Lipinski definition) is 11. The van der Waals surface area contributed by atoms with Crippen molar-refractivity contribution in [1.82, 2.24) is 0 Å². The van der Waals surface area contributed by atoms with Crippen molar-refractivity contribution in [2.24, 2.45) is 11.8 Å². The minimum Gasteiger partial charge on any atom is -0.300 e. The fraction of sp³-hybridized carbons (Fsp3) is 0.638. The maximum atomic E-state index is 10.8. The van der Waals surface area contributed by atoms with Crippen LogP contribution in [0.15, 0.2) is 82.0 Å². The molecule has 80 heavy (non-hydrogen) atoms. The third-order valence-electron chi connectivity index (χ3n) is 13.4. The van der Waals surface area contributed by atoms with Crippen molar-refractivity contribution in [2.75, 3.05) is 0 Å². The standard InChI is InChI=1S/2C7H10O.C7H12O.C6H8O.C6H10O.2C6H8O.C5H4O2.C5H8O.C5H6O.9CH4/c1-5-3-4-7(8)6(5)2;1-2-6-3-4-7(8)5-6;1-2-6-4-3-5-7(6)8;1-5-2-3-6(7)4-5;3*1-5-3-2-4-6(5)7;6-4-1-2-5(7)3-4;2*6-5-3-1-2-4-5;;;;;;;;;/h3-4H2,1-2H3;5H,2-4H2,1H3;6H,2-5H2,1H3;4H,2-3H2,1H3;5H,2-4H2,1H3;2*3H,2,4H2,1H3;1-2H,3H2;1-4H2;1,3H,2,4H2;9*1H4. The van der Waals surface area contributed by atoms with Crippen molar-refractivity contribution < 1.29 is 52.7 Å². The maximum Gasteiger partial charge on any atom is 0.163 e. The zero-order chi connectivity index (χ0) is 53.3. The summed E-state index contributed by atoms with van der Waals surface area (Å²) < 4.78 is 0. The van der Waals surface area contributed by atoms with Gasteiger partial charge in [-0.3, -0.25) is 52.7 Å². The third kappa shape index (κ3) is 43.4. The predicted molar refractivity (Wildman–Crippen MR) is 341 cm³/mol. The van der Waals surface area contributed by atoms with Crippen molar-refractivity contribution in [3.05, 3.63) is 82.0 Å². The molecular formula is C69H120O11. The lowest BCUT2D eigenvalue weighted by Crippen LogP contribution is -2.03. The van der Waals surface area contributed by atoms with Crippen LogP contribution >= 0.6 is 0 Å². The highest BCUT2D eigenvalue weighted by molar-refractivity contribution is 6.16. The lowest BCUT2D eigenvalue weighted by molar-refractivity contribution is -0.121.